The summed E-state index contributed by atoms with van der Waals surface area (Å²) in [5.41, 5.74) is 3.13. The highest BCUT2D eigenvalue weighted by molar-refractivity contribution is 5.94. The van der Waals surface area contributed by atoms with Crippen LogP contribution in [-0.2, 0) is 0 Å². The molecule has 1 aromatic carbocycles. The molecule has 1 atom stereocenters. The summed E-state index contributed by atoms with van der Waals surface area (Å²) in [7, 11) is 0. The number of aliphatic hydroxyl groups excluding tert-OH is 2. The molecule has 2 rings (SSSR count). The fraction of sp³-hybridized carbons (Fsp3) is 0.385. The van der Waals surface area contributed by atoms with Crippen LogP contribution in [0.3, 0.4) is 0 Å². The van der Waals surface area contributed by atoms with Gasteiger partial charge in [0.05, 0.1) is 18.3 Å². The zero-order chi connectivity index (χ0) is 12.3. The van der Waals surface area contributed by atoms with Crippen LogP contribution in [0.25, 0.3) is 10.9 Å². The minimum Gasteiger partial charge on any atom is -0.396 e. The van der Waals surface area contributed by atoms with Gasteiger partial charge >= 0.3 is 0 Å². The Hall–Kier alpha value is -1.52. The predicted octanol–water partition coefficient (Wildman–Crippen LogP) is 1.63. The number of aromatic nitrogens is 1. The molecule has 0 saturated carbocycles. The van der Waals surface area contributed by atoms with Crippen LogP contribution in [-0.4, -0.2) is 34.5 Å². The Balaban J connectivity index is 2.31. The van der Waals surface area contributed by atoms with Gasteiger partial charge in [-0.2, -0.15) is 0 Å². The highest BCUT2D eigenvalue weighted by Gasteiger charge is 2.12. The second kappa shape index (κ2) is 5.21. The maximum absolute atomic E-state index is 9.24. The van der Waals surface area contributed by atoms with E-state index in [2.05, 4.69) is 10.3 Å². The van der Waals surface area contributed by atoms with Gasteiger partial charge in [-0.3, -0.25) is 0 Å². The zero-order valence-electron chi connectivity index (χ0n) is 9.90. The molecule has 0 radical (unpaired) electrons. The summed E-state index contributed by atoms with van der Waals surface area (Å²) in [5.74, 6) is 0. The molecule has 2 aromatic rings. The van der Waals surface area contributed by atoms with Gasteiger partial charge in [0.15, 0.2) is 0 Å². The third-order valence-electron chi connectivity index (χ3n) is 2.94. The quantitative estimate of drug-likeness (QED) is 0.635. The molecule has 4 nitrogen and oxygen atoms in total. The topological polar surface area (TPSA) is 68.3 Å². The maximum Gasteiger partial charge on any atom is 0.0633 e. The van der Waals surface area contributed by atoms with Crippen LogP contribution in [0.4, 0.5) is 5.69 Å². The molecular formula is C13H18N2O2. The predicted molar refractivity (Wildman–Crippen MR) is 69.2 cm³/mol. The number of hydrogen-bond donors (Lipinski definition) is 4. The van der Waals surface area contributed by atoms with E-state index in [1.807, 2.05) is 31.2 Å². The SMILES string of the molecule is Cc1[nH]c2ccccc2c1NC(CO)CCO. The van der Waals surface area contributed by atoms with Crippen LogP contribution in [0.15, 0.2) is 24.3 Å². The molecule has 0 aliphatic carbocycles. The normalized spacial score (nSPS) is 12.9. The molecule has 4 heteroatoms. The van der Waals surface area contributed by atoms with E-state index in [0.29, 0.717) is 6.42 Å². The summed E-state index contributed by atoms with van der Waals surface area (Å²) in [6.07, 6.45) is 0.537. The maximum atomic E-state index is 9.24. The summed E-state index contributed by atoms with van der Waals surface area (Å²) in [5, 5.41) is 22.5. The summed E-state index contributed by atoms with van der Waals surface area (Å²) >= 11 is 0. The van der Waals surface area contributed by atoms with E-state index < -0.39 is 0 Å². The van der Waals surface area contributed by atoms with Gasteiger partial charge in [0.1, 0.15) is 0 Å². The van der Waals surface area contributed by atoms with E-state index in [1.165, 1.54) is 0 Å². The Labute approximate surface area is 100 Å². The number of aliphatic hydroxyl groups is 2. The van der Waals surface area contributed by atoms with E-state index in [-0.39, 0.29) is 19.3 Å². The molecule has 4 N–H and O–H groups in total. The number of H-pyrrole nitrogens is 1. The van der Waals surface area contributed by atoms with Crippen LogP contribution in [0.5, 0.6) is 0 Å². The number of nitrogens with one attached hydrogen (secondary N) is 2. The van der Waals surface area contributed by atoms with Crippen LogP contribution in [0.2, 0.25) is 0 Å². The lowest BCUT2D eigenvalue weighted by Crippen LogP contribution is -2.25. The molecule has 0 aliphatic rings. The Morgan fingerprint density at radius 1 is 1.29 bits per heavy atom. The number of para-hydroxylation sites is 1. The van der Waals surface area contributed by atoms with Gasteiger partial charge in [-0.15, -0.1) is 0 Å². The van der Waals surface area contributed by atoms with Crippen molar-refractivity contribution in [1.82, 2.24) is 4.98 Å². The molecule has 0 spiro atoms. The van der Waals surface area contributed by atoms with Crippen molar-refractivity contribution in [1.29, 1.82) is 0 Å². The number of aryl methyl sites for hydroxylation is 1. The molecule has 1 heterocycles. The molecule has 92 valence electrons. The summed E-state index contributed by atoms with van der Waals surface area (Å²) in [4.78, 5) is 3.29. The Morgan fingerprint density at radius 3 is 2.76 bits per heavy atom. The minimum atomic E-state index is -0.113. The van der Waals surface area contributed by atoms with Gasteiger partial charge in [-0.1, -0.05) is 18.2 Å². The van der Waals surface area contributed by atoms with E-state index in [1.54, 1.807) is 0 Å². The van der Waals surface area contributed by atoms with E-state index in [4.69, 9.17) is 5.11 Å². The molecule has 0 bridgehead atoms. The fourth-order valence-electron chi connectivity index (χ4n) is 2.03. The van der Waals surface area contributed by atoms with Gasteiger partial charge < -0.3 is 20.5 Å². The number of rotatable bonds is 5. The van der Waals surface area contributed by atoms with Crippen molar-refractivity contribution in [3.63, 3.8) is 0 Å². The largest absolute Gasteiger partial charge is 0.396 e. The molecule has 1 aromatic heterocycles. The van der Waals surface area contributed by atoms with Gasteiger partial charge in [0, 0.05) is 23.2 Å². The first kappa shape index (κ1) is 12.0. The zero-order valence-corrected chi connectivity index (χ0v) is 9.90. The van der Waals surface area contributed by atoms with Crippen molar-refractivity contribution < 1.29 is 10.2 Å². The molecule has 0 aliphatic heterocycles. The smallest absolute Gasteiger partial charge is 0.0633 e. The first-order valence-electron chi connectivity index (χ1n) is 5.81. The number of fused-ring (bicyclic) bond motifs is 1. The summed E-state index contributed by atoms with van der Waals surface area (Å²) in [6.45, 7) is 2.08. The van der Waals surface area contributed by atoms with Crippen LogP contribution < -0.4 is 5.32 Å². The molecule has 0 amide bonds. The lowest BCUT2D eigenvalue weighted by molar-refractivity contribution is 0.229. The lowest BCUT2D eigenvalue weighted by Gasteiger charge is -2.16. The first-order chi connectivity index (χ1) is 8.26. The van der Waals surface area contributed by atoms with E-state index >= 15 is 0 Å². The monoisotopic (exact) mass is 234 g/mol. The molecular weight excluding hydrogens is 216 g/mol. The van der Waals surface area contributed by atoms with Gasteiger partial charge in [-0.25, -0.2) is 0 Å². The molecule has 1 unspecified atom stereocenters. The van der Waals surface area contributed by atoms with Gasteiger partial charge in [0.2, 0.25) is 0 Å². The molecule has 17 heavy (non-hydrogen) atoms. The fourth-order valence-corrected chi connectivity index (χ4v) is 2.03. The van der Waals surface area contributed by atoms with Gasteiger partial charge in [-0.05, 0) is 19.4 Å². The standard InChI is InChI=1S/C13H18N2O2/c1-9-13(15-10(8-17)6-7-16)11-4-2-3-5-12(11)14-9/h2-5,10,14-17H,6-8H2,1H3. The first-order valence-corrected chi connectivity index (χ1v) is 5.81. The number of aromatic amines is 1. The summed E-state index contributed by atoms with van der Waals surface area (Å²) < 4.78 is 0. The lowest BCUT2D eigenvalue weighted by atomic mass is 10.1. The van der Waals surface area contributed by atoms with Crippen molar-refractivity contribution in [2.75, 3.05) is 18.5 Å². The highest BCUT2D eigenvalue weighted by atomic mass is 16.3. The van der Waals surface area contributed by atoms with E-state index in [9.17, 15) is 5.11 Å². The number of anilines is 1. The minimum absolute atomic E-state index is 0.0134. The van der Waals surface area contributed by atoms with Crippen molar-refractivity contribution >= 4 is 16.6 Å². The third-order valence-corrected chi connectivity index (χ3v) is 2.94. The van der Waals surface area contributed by atoms with Crippen LogP contribution >= 0.6 is 0 Å². The van der Waals surface area contributed by atoms with Crippen molar-refractivity contribution in [3.05, 3.63) is 30.0 Å². The van der Waals surface area contributed by atoms with Crippen molar-refractivity contribution in [3.8, 4) is 0 Å². The van der Waals surface area contributed by atoms with Crippen molar-refractivity contribution in [2.24, 2.45) is 0 Å². The molecule has 0 fully saturated rings. The van der Waals surface area contributed by atoms with Crippen molar-refractivity contribution in [2.45, 2.75) is 19.4 Å². The average Bonchev–Trinajstić information content (AvgIpc) is 2.65. The Bertz CT molecular complexity index is 493. The third kappa shape index (κ3) is 2.43. The van der Waals surface area contributed by atoms with E-state index in [0.717, 1.165) is 22.3 Å². The average molecular weight is 234 g/mol. The number of hydrogen-bond acceptors (Lipinski definition) is 3. The second-order valence-corrected chi connectivity index (χ2v) is 4.21. The number of benzene rings is 1. The van der Waals surface area contributed by atoms with Crippen LogP contribution in [0.1, 0.15) is 12.1 Å². The highest BCUT2D eigenvalue weighted by Crippen LogP contribution is 2.27. The molecule has 0 saturated heterocycles. The Morgan fingerprint density at radius 2 is 2.06 bits per heavy atom. The second-order valence-electron chi connectivity index (χ2n) is 4.21. The van der Waals surface area contributed by atoms with Gasteiger partial charge in [0.25, 0.3) is 0 Å². The Kier molecular flexibility index (Phi) is 3.66. The summed E-state index contributed by atoms with van der Waals surface area (Å²) in [6, 6.07) is 7.92. The van der Waals surface area contributed by atoms with Crippen LogP contribution in [0, 0.1) is 6.92 Å².